The van der Waals surface area contributed by atoms with Crippen LogP contribution < -0.4 is 0 Å². The minimum atomic E-state index is 0.331. The molecule has 0 N–H and O–H groups in total. The normalized spacial score (nSPS) is 20.8. The van der Waals surface area contributed by atoms with Crippen LogP contribution in [0.15, 0.2) is 0 Å². The summed E-state index contributed by atoms with van der Waals surface area (Å²) in [7, 11) is 0. The molecule has 4 heteroatoms. The average molecular weight is 258 g/mol. The summed E-state index contributed by atoms with van der Waals surface area (Å²) in [5.41, 5.74) is 0. The third-order valence-electron chi connectivity index (χ3n) is 3.24. The molecule has 0 spiro atoms. The Labute approximate surface area is 110 Å². The molecule has 100 valence electrons. The molecule has 1 heterocycles. The van der Waals surface area contributed by atoms with Gasteiger partial charge < -0.3 is 4.90 Å². The molecule has 1 amide bonds. The van der Waals surface area contributed by atoms with Crippen molar-refractivity contribution in [3.05, 3.63) is 0 Å². The maximum atomic E-state index is 12.0. The number of rotatable bonds is 5. The first-order chi connectivity index (χ1) is 8.04. The second-order valence-corrected chi connectivity index (χ2v) is 6.23. The van der Waals surface area contributed by atoms with Gasteiger partial charge in [0.1, 0.15) is 0 Å². The predicted molar refractivity (Wildman–Crippen MR) is 75.5 cm³/mol. The molecule has 1 rings (SSSR count). The van der Waals surface area contributed by atoms with Crippen molar-refractivity contribution in [1.29, 1.82) is 0 Å². The first-order valence-corrected chi connectivity index (χ1v) is 7.94. The monoisotopic (exact) mass is 258 g/mol. The van der Waals surface area contributed by atoms with E-state index in [1.807, 2.05) is 16.7 Å². The molecular weight excluding hydrogens is 232 g/mol. The molecule has 17 heavy (non-hydrogen) atoms. The number of carbonyl (C=O) groups excluding carboxylic acids is 1. The van der Waals surface area contributed by atoms with E-state index in [-0.39, 0.29) is 0 Å². The Morgan fingerprint density at radius 3 is 2.53 bits per heavy atom. The Bertz CT molecular complexity index is 246. The molecule has 0 aromatic carbocycles. The molecule has 1 aliphatic heterocycles. The summed E-state index contributed by atoms with van der Waals surface area (Å²) in [5, 5.41) is 0. The van der Waals surface area contributed by atoms with E-state index in [1.54, 1.807) is 0 Å². The van der Waals surface area contributed by atoms with Crippen molar-refractivity contribution in [2.45, 2.75) is 33.2 Å². The summed E-state index contributed by atoms with van der Waals surface area (Å²) in [6.07, 6.45) is 2.83. The van der Waals surface area contributed by atoms with Gasteiger partial charge in [0.2, 0.25) is 5.91 Å². The number of thioether (sulfide) groups is 1. The fourth-order valence-electron chi connectivity index (χ4n) is 2.30. The Hall–Kier alpha value is -0.220. The Morgan fingerprint density at radius 2 is 1.94 bits per heavy atom. The molecule has 1 fully saturated rings. The highest BCUT2D eigenvalue weighted by molar-refractivity contribution is 7.98. The number of hydrogen-bond acceptors (Lipinski definition) is 3. The molecule has 0 radical (unpaired) electrons. The van der Waals surface area contributed by atoms with Gasteiger partial charge >= 0.3 is 0 Å². The van der Waals surface area contributed by atoms with Gasteiger partial charge in [0, 0.05) is 44.4 Å². The van der Waals surface area contributed by atoms with Gasteiger partial charge in [-0.15, -0.1) is 0 Å². The van der Waals surface area contributed by atoms with Crippen LogP contribution >= 0.6 is 11.8 Å². The molecule has 3 nitrogen and oxygen atoms in total. The topological polar surface area (TPSA) is 23.6 Å². The number of amides is 1. The lowest BCUT2D eigenvalue weighted by Crippen LogP contribution is -2.39. The maximum Gasteiger partial charge on any atom is 0.223 e. The van der Waals surface area contributed by atoms with Crippen LogP contribution in [0.2, 0.25) is 0 Å². The van der Waals surface area contributed by atoms with E-state index >= 15 is 0 Å². The van der Waals surface area contributed by atoms with Crippen molar-refractivity contribution < 1.29 is 4.79 Å². The largest absolute Gasteiger partial charge is 0.341 e. The zero-order valence-corrected chi connectivity index (χ0v) is 12.4. The SMILES string of the molecule is CSC[C@@H](C)N1CCC(=O)N(CC(C)C)CC1. The zero-order chi connectivity index (χ0) is 12.8. The van der Waals surface area contributed by atoms with Crippen molar-refractivity contribution in [1.82, 2.24) is 9.80 Å². The van der Waals surface area contributed by atoms with Crippen LogP contribution in [0.4, 0.5) is 0 Å². The van der Waals surface area contributed by atoms with Gasteiger partial charge in [0.15, 0.2) is 0 Å². The number of hydrogen-bond donors (Lipinski definition) is 0. The van der Waals surface area contributed by atoms with Gasteiger partial charge in [-0.1, -0.05) is 13.8 Å². The molecule has 1 aliphatic rings. The lowest BCUT2D eigenvalue weighted by atomic mass is 10.2. The quantitative estimate of drug-likeness (QED) is 0.753. The van der Waals surface area contributed by atoms with Gasteiger partial charge in [-0.3, -0.25) is 9.69 Å². The van der Waals surface area contributed by atoms with Gasteiger partial charge in [-0.05, 0) is 19.1 Å². The van der Waals surface area contributed by atoms with Crippen molar-refractivity contribution in [2.75, 3.05) is 38.2 Å². The molecule has 0 aromatic rings. The molecule has 0 unspecified atom stereocenters. The smallest absolute Gasteiger partial charge is 0.223 e. The summed E-state index contributed by atoms with van der Waals surface area (Å²) in [6, 6.07) is 0.580. The van der Waals surface area contributed by atoms with Gasteiger partial charge in [0.05, 0.1) is 0 Å². The summed E-state index contributed by atoms with van der Waals surface area (Å²) in [4.78, 5) is 16.5. The average Bonchev–Trinajstić information content (AvgIpc) is 2.42. The predicted octanol–water partition coefficient (Wildman–Crippen LogP) is 1.93. The van der Waals surface area contributed by atoms with Crippen molar-refractivity contribution in [3.8, 4) is 0 Å². The third kappa shape index (κ3) is 4.88. The van der Waals surface area contributed by atoms with Gasteiger partial charge in [0.25, 0.3) is 0 Å². The van der Waals surface area contributed by atoms with Crippen molar-refractivity contribution in [3.63, 3.8) is 0 Å². The summed E-state index contributed by atoms with van der Waals surface area (Å²) in [6.45, 7) is 10.4. The van der Waals surface area contributed by atoms with Crippen LogP contribution in [-0.4, -0.2) is 59.9 Å². The van der Waals surface area contributed by atoms with Crippen LogP contribution in [0, 0.1) is 5.92 Å². The van der Waals surface area contributed by atoms with E-state index in [0.29, 0.717) is 24.3 Å². The molecule has 0 saturated carbocycles. The second kappa shape index (κ2) is 7.27. The molecule has 1 atom stereocenters. The van der Waals surface area contributed by atoms with Crippen LogP contribution in [0.5, 0.6) is 0 Å². The maximum absolute atomic E-state index is 12.0. The molecule has 1 saturated heterocycles. The van der Waals surface area contributed by atoms with E-state index in [4.69, 9.17) is 0 Å². The summed E-state index contributed by atoms with van der Waals surface area (Å²) >= 11 is 1.88. The van der Waals surface area contributed by atoms with Crippen LogP contribution in [0.1, 0.15) is 27.2 Å². The highest BCUT2D eigenvalue weighted by Gasteiger charge is 2.23. The van der Waals surface area contributed by atoms with Gasteiger partial charge in [-0.25, -0.2) is 0 Å². The summed E-state index contributed by atoms with van der Waals surface area (Å²) < 4.78 is 0. The standard InChI is InChI=1S/C13H26N2OS/c1-11(2)9-15-8-7-14(6-5-13(15)16)12(3)10-17-4/h11-12H,5-10H2,1-4H3/t12-/m1/s1. The van der Waals surface area contributed by atoms with Crippen LogP contribution in [-0.2, 0) is 4.79 Å². The Morgan fingerprint density at radius 1 is 1.24 bits per heavy atom. The molecule has 0 aliphatic carbocycles. The van der Waals surface area contributed by atoms with Crippen LogP contribution in [0.25, 0.3) is 0 Å². The van der Waals surface area contributed by atoms with Gasteiger partial charge in [-0.2, -0.15) is 11.8 Å². The van der Waals surface area contributed by atoms with E-state index < -0.39 is 0 Å². The van der Waals surface area contributed by atoms with Crippen molar-refractivity contribution >= 4 is 17.7 Å². The molecule has 0 bridgehead atoms. The van der Waals surface area contributed by atoms with E-state index in [2.05, 4.69) is 31.9 Å². The minimum absolute atomic E-state index is 0.331. The highest BCUT2D eigenvalue weighted by atomic mass is 32.2. The highest BCUT2D eigenvalue weighted by Crippen LogP contribution is 2.12. The Kier molecular flexibility index (Phi) is 6.34. The summed E-state index contributed by atoms with van der Waals surface area (Å²) in [5.74, 6) is 2.05. The van der Waals surface area contributed by atoms with Crippen molar-refractivity contribution in [2.24, 2.45) is 5.92 Å². The molecule has 0 aromatic heterocycles. The first kappa shape index (κ1) is 14.8. The van der Waals surface area contributed by atoms with Crippen LogP contribution in [0.3, 0.4) is 0 Å². The minimum Gasteiger partial charge on any atom is -0.341 e. The fraction of sp³-hybridized carbons (Fsp3) is 0.923. The lowest BCUT2D eigenvalue weighted by Gasteiger charge is -2.27. The fourth-order valence-corrected chi connectivity index (χ4v) is 3.00. The van der Waals surface area contributed by atoms with E-state index in [0.717, 1.165) is 31.9 Å². The van der Waals surface area contributed by atoms with E-state index in [1.165, 1.54) is 0 Å². The second-order valence-electron chi connectivity index (χ2n) is 5.32. The zero-order valence-electron chi connectivity index (χ0n) is 11.6. The number of nitrogens with zero attached hydrogens (tertiary/aromatic N) is 2. The Balaban J connectivity index is 2.50. The number of carbonyl (C=O) groups is 1. The lowest BCUT2D eigenvalue weighted by molar-refractivity contribution is -0.130. The first-order valence-electron chi connectivity index (χ1n) is 6.55. The third-order valence-corrected chi connectivity index (χ3v) is 4.06. The molecular formula is C13H26N2OS. The van der Waals surface area contributed by atoms with E-state index in [9.17, 15) is 4.79 Å².